The number of hydrogen-bond acceptors (Lipinski definition) is 3. The van der Waals surface area contributed by atoms with Gasteiger partial charge in [-0.05, 0) is 18.2 Å². The van der Waals surface area contributed by atoms with Gasteiger partial charge in [0.05, 0.1) is 11.3 Å². The highest BCUT2D eigenvalue weighted by molar-refractivity contribution is 9.10. The van der Waals surface area contributed by atoms with Crippen molar-refractivity contribution in [2.75, 3.05) is 5.43 Å². The van der Waals surface area contributed by atoms with Crippen molar-refractivity contribution in [1.82, 2.24) is 0 Å². The second kappa shape index (κ2) is 5.06. The van der Waals surface area contributed by atoms with Crippen LogP contribution in [-0.2, 0) is 0 Å². The molecule has 0 fully saturated rings. The summed E-state index contributed by atoms with van der Waals surface area (Å²) in [5, 5.41) is 8.68. The van der Waals surface area contributed by atoms with Gasteiger partial charge in [0, 0.05) is 4.47 Å². The van der Waals surface area contributed by atoms with E-state index >= 15 is 0 Å². The molecule has 72 valence electrons. The largest absolute Gasteiger partial charge is 0.478 e. The number of halogens is 2. The topological polar surface area (TPSA) is 75.3 Å². The van der Waals surface area contributed by atoms with E-state index in [2.05, 4.69) is 21.4 Å². The van der Waals surface area contributed by atoms with E-state index in [4.69, 9.17) is 10.9 Å². The maximum absolute atomic E-state index is 10.6. The maximum Gasteiger partial charge on any atom is 0.337 e. The number of aromatic carboxylic acids is 1. The van der Waals surface area contributed by atoms with Gasteiger partial charge >= 0.3 is 5.97 Å². The van der Waals surface area contributed by atoms with Crippen LogP contribution in [0.2, 0.25) is 0 Å². The van der Waals surface area contributed by atoms with Crippen LogP contribution < -0.4 is 11.3 Å². The van der Waals surface area contributed by atoms with Crippen LogP contribution in [0, 0.1) is 0 Å². The molecule has 13 heavy (non-hydrogen) atoms. The number of hydrazine groups is 1. The van der Waals surface area contributed by atoms with Crippen LogP contribution in [-0.4, -0.2) is 11.1 Å². The van der Waals surface area contributed by atoms with Crippen molar-refractivity contribution in [1.29, 1.82) is 0 Å². The number of nitrogens with two attached hydrogens (primary N) is 1. The molecule has 0 heterocycles. The Balaban J connectivity index is 0.00000144. The lowest BCUT2D eigenvalue weighted by Gasteiger charge is -2.04. The van der Waals surface area contributed by atoms with Crippen molar-refractivity contribution in [2.24, 2.45) is 5.84 Å². The molecule has 4 N–H and O–H groups in total. The van der Waals surface area contributed by atoms with Crippen molar-refractivity contribution in [3.05, 3.63) is 28.2 Å². The van der Waals surface area contributed by atoms with Gasteiger partial charge in [-0.1, -0.05) is 15.9 Å². The maximum atomic E-state index is 10.6. The Morgan fingerprint density at radius 2 is 2.15 bits per heavy atom. The molecule has 4 nitrogen and oxygen atoms in total. The summed E-state index contributed by atoms with van der Waals surface area (Å²) in [5.74, 6) is 4.12. The van der Waals surface area contributed by atoms with E-state index in [1.807, 2.05) is 0 Å². The van der Waals surface area contributed by atoms with Crippen molar-refractivity contribution >= 4 is 40.0 Å². The van der Waals surface area contributed by atoms with Gasteiger partial charge in [0.2, 0.25) is 0 Å². The van der Waals surface area contributed by atoms with Crippen LogP contribution in [0.15, 0.2) is 22.7 Å². The number of carboxylic acids is 1. The van der Waals surface area contributed by atoms with Gasteiger partial charge in [0.1, 0.15) is 0 Å². The number of carbonyl (C=O) groups is 1. The molecule has 0 radical (unpaired) electrons. The monoisotopic (exact) mass is 266 g/mol. The van der Waals surface area contributed by atoms with Crippen LogP contribution in [0.5, 0.6) is 0 Å². The Bertz CT molecular complexity index is 319. The van der Waals surface area contributed by atoms with Gasteiger partial charge < -0.3 is 10.5 Å². The van der Waals surface area contributed by atoms with Crippen molar-refractivity contribution in [3.63, 3.8) is 0 Å². The van der Waals surface area contributed by atoms with E-state index in [1.54, 1.807) is 12.1 Å². The SMILES string of the molecule is Cl.NNc1cc(Br)ccc1C(=O)O. The summed E-state index contributed by atoms with van der Waals surface area (Å²) < 4.78 is 0.778. The van der Waals surface area contributed by atoms with Crippen molar-refractivity contribution in [2.45, 2.75) is 0 Å². The first-order valence-electron chi connectivity index (χ1n) is 3.14. The van der Waals surface area contributed by atoms with Gasteiger partial charge in [0.15, 0.2) is 0 Å². The van der Waals surface area contributed by atoms with E-state index in [9.17, 15) is 4.79 Å². The van der Waals surface area contributed by atoms with Crippen LogP contribution in [0.1, 0.15) is 10.4 Å². The fourth-order valence-electron chi connectivity index (χ4n) is 0.822. The summed E-state index contributed by atoms with van der Waals surface area (Å²) in [6.07, 6.45) is 0. The van der Waals surface area contributed by atoms with E-state index in [1.165, 1.54) is 6.07 Å². The second-order valence-corrected chi connectivity index (χ2v) is 3.06. The molecule has 0 amide bonds. The molecule has 0 bridgehead atoms. The quantitative estimate of drug-likeness (QED) is 0.565. The summed E-state index contributed by atoms with van der Waals surface area (Å²) in [6.45, 7) is 0. The first-order valence-corrected chi connectivity index (χ1v) is 3.94. The van der Waals surface area contributed by atoms with Gasteiger partial charge in [-0.25, -0.2) is 4.79 Å². The van der Waals surface area contributed by atoms with Gasteiger partial charge in [-0.15, -0.1) is 12.4 Å². The molecule has 0 saturated heterocycles. The first-order chi connectivity index (χ1) is 5.65. The fraction of sp³-hybridized carbons (Fsp3) is 0. The number of anilines is 1. The summed E-state index contributed by atoms with van der Waals surface area (Å²) in [5.41, 5.74) is 2.85. The summed E-state index contributed by atoms with van der Waals surface area (Å²) >= 11 is 3.20. The van der Waals surface area contributed by atoms with E-state index in [0.717, 1.165) is 4.47 Å². The third-order valence-corrected chi connectivity index (χ3v) is 1.86. The molecule has 0 aliphatic heterocycles. The minimum atomic E-state index is -1.00. The first kappa shape index (κ1) is 12.2. The molecule has 0 aliphatic carbocycles. The number of nitrogen functional groups attached to an aromatic ring is 1. The lowest BCUT2D eigenvalue weighted by molar-refractivity contribution is 0.0698. The minimum absolute atomic E-state index is 0. The number of carboxylic acid groups (broad SMARTS) is 1. The lowest BCUT2D eigenvalue weighted by atomic mass is 10.2. The smallest absolute Gasteiger partial charge is 0.337 e. The minimum Gasteiger partial charge on any atom is -0.478 e. The summed E-state index contributed by atoms with van der Waals surface area (Å²) in [4.78, 5) is 10.6. The molecular weight excluding hydrogens is 259 g/mol. The van der Waals surface area contributed by atoms with Crippen LogP contribution >= 0.6 is 28.3 Å². The number of benzene rings is 1. The fourth-order valence-corrected chi connectivity index (χ4v) is 1.18. The zero-order chi connectivity index (χ0) is 9.14. The molecular formula is C7H8BrClN2O2. The van der Waals surface area contributed by atoms with E-state index in [0.29, 0.717) is 5.69 Å². The third-order valence-electron chi connectivity index (χ3n) is 1.37. The zero-order valence-electron chi connectivity index (χ0n) is 6.45. The predicted octanol–water partition coefficient (Wildman–Crippen LogP) is 1.85. The number of hydrogen-bond donors (Lipinski definition) is 3. The second-order valence-electron chi connectivity index (χ2n) is 2.14. The highest BCUT2D eigenvalue weighted by Crippen LogP contribution is 2.20. The standard InChI is InChI=1S/C7H7BrN2O2.ClH/c8-4-1-2-5(7(11)12)6(3-4)10-9;/h1-3,10H,9H2,(H,11,12);1H. The predicted molar refractivity (Wildman–Crippen MR) is 56.2 cm³/mol. The Morgan fingerprint density at radius 3 is 2.62 bits per heavy atom. The van der Waals surface area contributed by atoms with Crippen LogP contribution in [0.3, 0.4) is 0 Å². The van der Waals surface area contributed by atoms with Gasteiger partial charge in [-0.2, -0.15) is 0 Å². The third kappa shape index (κ3) is 2.87. The molecule has 0 unspecified atom stereocenters. The van der Waals surface area contributed by atoms with Gasteiger partial charge in [-0.3, -0.25) is 5.84 Å². The molecule has 6 heteroatoms. The molecule has 0 aromatic heterocycles. The molecule has 1 aromatic carbocycles. The molecule has 0 atom stereocenters. The Morgan fingerprint density at radius 1 is 1.54 bits per heavy atom. The average Bonchev–Trinajstić information content (AvgIpc) is 2.03. The molecule has 1 rings (SSSR count). The lowest BCUT2D eigenvalue weighted by Crippen LogP contribution is -2.11. The number of rotatable bonds is 2. The van der Waals surface area contributed by atoms with Crippen LogP contribution in [0.25, 0.3) is 0 Å². The van der Waals surface area contributed by atoms with Gasteiger partial charge in [0.25, 0.3) is 0 Å². The average molecular weight is 268 g/mol. The molecule has 0 saturated carbocycles. The Labute approximate surface area is 89.6 Å². The molecule has 1 aromatic rings. The summed E-state index contributed by atoms with van der Waals surface area (Å²) in [7, 11) is 0. The molecule has 0 spiro atoms. The normalized spacial score (nSPS) is 8.77. The Hall–Kier alpha value is -0.780. The van der Waals surface area contributed by atoms with Crippen molar-refractivity contribution in [3.8, 4) is 0 Å². The molecule has 0 aliphatic rings. The highest BCUT2D eigenvalue weighted by atomic mass is 79.9. The van der Waals surface area contributed by atoms with E-state index < -0.39 is 5.97 Å². The zero-order valence-corrected chi connectivity index (χ0v) is 8.85. The van der Waals surface area contributed by atoms with Crippen LogP contribution in [0.4, 0.5) is 5.69 Å². The van der Waals surface area contributed by atoms with Crippen molar-refractivity contribution < 1.29 is 9.90 Å². The van der Waals surface area contributed by atoms with E-state index in [-0.39, 0.29) is 18.0 Å². The summed E-state index contributed by atoms with van der Waals surface area (Å²) in [6, 6.07) is 4.72. The number of nitrogens with one attached hydrogen (secondary N) is 1. The Kier molecular flexibility index (Phi) is 4.76. The highest BCUT2D eigenvalue weighted by Gasteiger charge is 2.08.